The monoisotopic (exact) mass is 395 g/mol. The zero-order valence-electron chi connectivity index (χ0n) is 16.0. The Balaban J connectivity index is 1.55. The molecule has 0 aromatic carbocycles. The van der Waals surface area contributed by atoms with Gasteiger partial charge in [-0.25, -0.2) is 4.98 Å². The van der Waals surface area contributed by atoms with Crippen LogP contribution < -0.4 is 5.73 Å². The predicted molar refractivity (Wildman–Crippen MR) is 102 cm³/mol. The number of ketones is 1. The number of hydrogen-bond acceptors (Lipinski definition) is 7. The number of primary amides is 1. The molecule has 29 heavy (non-hydrogen) atoms. The van der Waals surface area contributed by atoms with E-state index in [2.05, 4.69) is 15.1 Å². The fourth-order valence-corrected chi connectivity index (χ4v) is 3.38. The van der Waals surface area contributed by atoms with Crippen LogP contribution in [0.4, 0.5) is 0 Å². The van der Waals surface area contributed by atoms with Gasteiger partial charge in [-0.3, -0.25) is 19.3 Å². The molecule has 1 amide bonds. The van der Waals surface area contributed by atoms with Crippen molar-refractivity contribution in [3.05, 3.63) is 53.4 Å². The van der Waals surface area contributed by atoms with Crippen molar-refractivity contribution in [1.82, 2.24) is 19.7 Å². The number of nitrogens with two attached hydrogens (primary N) is 1. The molecule has 0 spiro atoms. The molecule has 0 radical (unpaired) electrons. The summed E-state index contributed by atoms with van der Waals surface area (Å²) in [6.07, 6.45) is 6.25. The molecule has 9 heteroatoms. The molecule has 3 aromatic heterocycles. The summed E-state index contributed by atoms with van der Waals surface area (Å²) in [7, 11) is 0. The molecule has 1 aliphatic heterocycles. The average molecular weight is 395 g/mol. The van der Waals surface area contributed by atoms with Crippen LogP contribution in [0.2, 0.25) is 0 Å². The van der Waals surface area contributed by atoms with E-state index in [1.807, 2.05) is 13.0 Å². The van der Waals surface area contributed by atoms with Crippen LogP contribution >= 0.6 is 0 Å². The van der Waals surface area contributed by atoms with E-state index in [9.17, 15) is 9.59 Å². The van der Waals surface area contributed by atoms with Gasteiger partial charge in [0.1, 0.15) is 12.0 Å². The summed E-state index contributed by atoms with van der Waals surface area (Å²) >= 11 is 0. The summed E-state index contributed by atoms with van der Waals surface area (Å²) in [4.78, 5) is 33.0. The van der Waals surface area contributed by atoms with Crippen LogP contribution in [0.25, 0.3) is 11.5 Å². The largest absolute Gasteiger partial charge is 0.444 e. The number of hydrogen-bond donors (Lipinski definition) is 1. The molecule has 1 saturated heterocycles. The first-order chi connectivity index (χ1) is 14.0. The van der Waals surface area contributed by atoms with Gasteiger partial charge >= 0.3 is 0 Å². The second kappa shape index (κ2) is 7.96. The molecule has 1 fully saturated rings. The molecule has 0 aliphatic carbocycles. The summed E-state index contributed by atoms with van der Waals surface area (Å²) < 4.78 is 12.5. The number of carbonyl (C=O) groups excluding carboxylic acids is 2. The van der Waals surface area contributed by atoms with Crippen LogP contribution in [0.3, 0.4) is 0 Å². The number of amides is 1. The van der Waals surface area contributed by atoms with Crippen molar-refractivity contribution in [3.63, 3.8) is 0 Å². The van der Waals surface area contributed by atoms with Crippen molar-refractivity contribution in [2.24, 2.45) is 5.73 Å². The summed E-state index contributed by atoms with van der Waals surface area (Å²) in [5.41, 5.74) is 7.81. The first-order valence-corrected chi connectivity index (χ1v) is 9.38. The highest BCUT2D eigenvalue weighted by molar-refractivity contribution is 5.99. The third-order valence-corrected chi connectivity index (χ3v) is 4.89. The quantitative estimate of drug-likeness (QED) is 0.633. The molecule has 0 unspecified atom stereocenters. The van der Waals surface area contributed by atoms with E-state index in [-0.39, 0.29) is 29.6 Å². The standard InChI is InChI=1S/C20H21N5O4/c1-12-8-13(2-5-22-12)20-23-16(11-29-20)17(26)9-14-10-25(24-18(14)19(21)27)15-3-6-28-7-4-15/h2,5,8,10-11,15H,3-4,6-7,9H2,1H3,(H2,21,27). The van der Waals surface area contributed by atoms with E-state index < -0.39 is 5.91 Å². The van der Waals surface area contributed by atoms with Gasteiger partial charge in [0, 0.05) is 48.8 Å². The molecule has 4 heterocycles. The predicted octanol–water partition coefficient (Wildman–Crippen LogP) is 2.12. The summed E-state index contributed by atoms with van der Waals surface area (Å²) in [6, 6.07) is 3.71. The SMILES string of the molecule is Cc1cc(-c2nc(C(=O)Cc3cn(C4CCOCC4)nc3C(N)=O)co2)ccn1. The molecule has 1 aliphatic rings. The van der Waals surface area contributed by atoms with Crippen molar-refractivity contribution in [3.8, 4) is 11.5 Å². The van der Waals surface area contributed by atoms with Gasteiger partial charge in [-0.2, -0.15) is 5.10 Å². The van der Waals surface area contributed by atoms with Crippen molar-refractivity contribution in [2.75, 3.05) is 13.2 Å². The van der Waals surface area contributed by atoms with Crippen molar-refractivity contribution in [1.29, 1.82) is 0 Å². The first kappa shape index (κ1) is 19.0. The third-order valence-electron chi connectivity index (χ3n) is 4.89. The van der Waals surface area contributed by atoms with E-state index in [0.717, 1.165) is 24.1 Å². The molecular formula is C20H21N5O4. The van der Waals surface area contributed by atoms with Gasteiger partial charge in [0.15, 0.2) is 11.5 Å². The normalized spacial score (nSPS) is 14.8. The van der Waals surface area contributed by atoms with E-state index in [0.29, 0.717) is 24.7 Å². The lowest BCUT2D eigenvalue weighted by atomic mass is 10.1. The Morgan fingerprint density at radius 3 is 2.83 bits per heavy atom. The smallest absolute Gasteiger partial charge is 0.269 e. The maximum absolute atomic E-state index is 12.7. The molecule has 2 N–H and O–H groups in total. The number of carbonyl (C=O) groups is 2. The van der Waals surface area contributed by atoms with Gasteiger partial charge in [-0.15, -0.1) is 0 Å². The van der Waals surface area contributed by atoms with Crippen LogP contribution in [-0.4, -0.2) is 44.7 Å². The van der Waals surface area contributed by atoms with Gasteiger partial charge in [0.25, 0.3) is 5.91 Å². The lowest BCUT2D eigenvalue weighted by Gasteiger charge is -2.22. The molecule has 3 aromatic rings. The molecule has 150 valence electrons. The minimum atomic E-state index is -0.660. The fourth-order valence-electron chi connectivity index (χ4n) is 3.38. The van der Waals surface area contributed by atoms with Gasteiger partial charge in [0.05, 0.1) is 6.04 Å². The fraction of sp³-hybridized carbons (Fsp3) is 0.350. The number of rotatable bonds is 6. The Morgan fingerprint density at radius 2 is 2.10 bits per heavy atom. The maximum Gasteiger partial charge on any atom is 0.269 e. The lowest BCUT2D eigenvalue weighted by molar-refractivity contribution is 0.0660. The zero-order chi connectivity index (χ0) is 20.4. The Morgan fingerprint density at radius 1 is 1.31 bits per heavy atom. The molecule has 4 rings (SSSR count). The van der Waals surface area contributed by atoms with Crippen molar-refractivity contribution in [2.45, 2.75) is 32.2 Å². The van der Waals surface area contributed by atoms with Crippen LogP contribution in [0.1, 0.15) is 51.1 Å². The Bertz CT molecular complexity index is 1050. The van der Waals surface area contributed by atoms with Crippen molar-refractivity contribution >= 4 is 11.7 Å². The highest BCUT2D eigenvalue weighted by Crippen LogP contribution is 2.23. The van der Waals surface area contributed by atoms with E-state index in [1.54, 1.807) is 23.1 Å². The molecule has 9 nitrogen and oxygen atoms in total. The number of Topliss-reactive ketones (excluding diaryl/α,β-unsaturated/α-hetero) is 1. The molecule has 0 bridgehead atoms. The van der Waals surface area contributed by atoms with E-state index >= 15 is 0 Å². The summed E-state index contributed by atoms with van der Waals surface area (Å²) in [6.45, 7) is 3.14. The Kier molecular flexibility index (Phi) is 5.22. The van der Waals surface area contributed by atoms with Crippen LogP contribution in [0.5, 0.6) is 0 Å². The maximum atomic E-state index is 12.7. The van der Waals surface area contributed by atoms with Gasteiger partial charge < -0.3 is 14.9 Å². The number of aromatic nitrogens is 4. The van der Waals surface area contributed by atoms with Gasteiger partial charge in [-0.05, 0) is 31.9 Å². The molecular weight excluding hydrogens is 374 g/mol. The minimum Gasteiger partial charge on any atom is -0.444 e. The van der Waals surface area contributed by atoms with Crippen molar-refractivity contribution < 1.29 is 18.7 Å². The Hall–Kier alpha value is -3.33. The number of pyridine rings is 1. The third kappa shape index (κ3) is 4.09. The summed E-state index contributed by atoms with van der Waals surface area (Å²) in [5.74, 6) is -0.599. The van der Waals surface area contributed by atoms with Crippen LogP contribution in [0, 0.1) is 6.92 Å². The highest BCUT2D eigenvalue weighted by atomic mass is 16.5. The first-order valence-electron chi connectivity index (χ1n) is 9.38. The second-order valence-corrected chi connectivity index (χ2v) is 7.01. The number of oxazole rings is 1. The second-order valence-electron chi connectivity index (χ2n) is 7.01. The molecule has 0 atom stereocenters. The summed E-state index contributed by atoms with van der Waals surface area (Å²) in [5, 5.41) is 4.33. The van der Waals surface area contributed by atoms with Crippen LogP contribution in [-0.2, 0) is 11.2 Å². The minimum absolute atomic E-state index is 0.0388. The number of ether oxygens (including phenoxy) is 1. The number of aryl methyl sites for hydroxylation is 1. The molecule has 0 saturated carbocycles. The zero-order valence-corrected chi connectivity index (χ0v) is 16.0. The highest BCUT2D eigenvalue weighted by Gasteiger charge is 2.24. The number of nitrogens with zero attached hydrogens (tertiary/aromatic N) is 4. The van der Waals surface area contributed by atoms with Gasteiger partial charge in [0.2, 0.25) is 5.89 Å². The average Bonchev–Trinajstić information content (AvgIpc) is 3.36. The van der Waals surface area contributed by atoms with Gasteiger partial charge in [-0.1, -0.05) is 0 Å². The van der Waals surface area contributed by atoms with E-state index in [4.69, 9.17) is 14.9 Å². The lowest BCUT2D eigenvalue weighted by Crippen LogP contribution is -2.21. The van der Waals surface area contributed by atoms with Crippen LogP contribution in [0.15, 0.2) is 35.2 Å². The van der Waals surface area contributed by atoms with E-state index in [1.165, 1.54) is 6.26 Å². The topological polar surface area (TPSA) is 126 Å². The Labute approximate surface area is 166 Å².